The van der Waals surface area contributed by atoms with Gasteiger partial charge in [-0.1, -0.05) is 182 Å². The maximum absolute atomic E-state index is 5.17. The molecule has 0 amide bonds. The van der Waals surface area contributed by atoms with Crippen LogP contribution in [0.5, 0.6) is 0 Å². The van der Waals surface area contributed by atoms with Crippen LogP contribution in [0.15, 0.2) is 243 Å². The molecule has 0 spiro atoms. The smallest absolute Gasteiger partial charge is 0.238 e. The maximum atomic E-state index is 5.17. The molecule has 0 saturated carbocycles. The van der Waals surface area contributed by atoms with Crippen molar-refractivity contribution in [2.45, 2.75) is 0 Å². The average molecular weight is 881 g/mol. The van der Waals surface area contributed by atoms with Crippen molar-refractivity contribution in [2.75, 3.05) is 0 Å². The van der Waals surface area contributed by atoms with Crippen LogP contribution in [0.1, 0.15) is 0 Å². The molecule has 6 nitrogen and oxygen atoms in total. The molecule has 0 atom stereocenters. The van der Waals surface area contributed by atoms with Gasteiger partial charge in [0.1, 0.15) is 0 Å². The zero-order valence-corrected chi connectivity index (χ0v) is 37.3. The Morgan fingerprint density at radius 3 is 1.20 bits per heavy atom. The van der Waals surface area contributed by atoms with Crippen molar-refractivity contribution in [2.24, 2.45) is 0 Å². The molecule has 0 radical (unpaired) electrons. The van der Waals surface area contributed by atoms with Crippen LogP contribution in [0.25, 0.3) is 128 Å². The van der Waals surface area contributed by atoms with Crippen LogP contribution in [0.4, 0.5) is 0 Å². The molecule has 0 aliphatic carbocycles. The summed E-state index contributed by atoms with van der Waals surface area (Å²) in [6.07, 6.45) is 0. The van der Waals surface area contributed by atoms with Gasteiger partial charge in [0.15, 0.2) is 11.6 Å². The fourth-order valence-corrected chi connectivity index (χ4v) is 10.6. The van der Waals surface area contributed by atoms with Crippen molar-refractivity contribution >= 4 is 65.4 Å². The molecule has 322 valence electrons. The highest BCUT2D eigenvalue weighted by Crippen LogP contribution is 2.44. The minimum absolute atomic E-state index is 0.573. The van der Waals surface area contributed by atoms with Crippen molar-refractivity contribution < 1.29 is 0 Å². The normalized spacial score (nSPS) is 11.8. The topological polar surface area (TPSA) is 53.5 Å². The third kappa shape index (κ3) is 6.23. The Morgan fingerprint density at radius 2 is 0.638 bits per heavy atom. The largest absolute Gasteiger partial charge is 0.309 e. The Kier molecular flexibility index (Phi) is 8.79. The van der Waals surface area contributed by atoms with Crippen LogP contribution < -0.4 is 0 Å². The quantitative estimate of drug-likeness (QED) is 0.160. The fraction of sp³-hybridized carbons (Fsp3) is 0. The van der Waals surface area contributed by atoms with Crippen LogP contribution in [-0.2, 0) is 0 Å². The van der Waals surface area contributed by atoms with Gasteiger partial charge in [-0.3, -0.25) is 4.57 Å². The monoisotopic (exact) mass is 880 g/mol. The zero-order valence-electron chi connectivity index (χ0n) is 37.3. The minimum Gasteiger partial charge on any atom is -0.309 e. The van der Waals surface area contributed by atoms with Crippen LogP contribution in [-0.4, -0.2) is 28.7 Å². The second kappa shape index (κ2) is 15.6. The molecule has 0 saturated heterocycles. The number of benzene rings is 10. The summed E-state index contributed by atoms with van der Waals surface area (Å²) in [5.41, 5.74) is 15.6. The maximum Gasteiger partial charge on any atom is 0.238 e. The summed E-state index contributed by atoms with van der Waals surface area (Å²) in [6.45, 7) is 0. The molecule has 0 unspecified atom stereocenters. The van der Waals surface area contributed by atoms with E-state index in [1.54, 1.807) is 0 Å². The lowest BCUT2D eigenvalue weighted by Gasteiger charge is -2.12. The van der Waals surface area contributed by atoms with Crippen molar-refractivity contribution in [3.05, 3.63) is 243 Å². The third-order valence-electron chi connectivity index (χ3n) is 13.7. The van der Waals surface area contributed by atoms with E-state index in [4.69, 9.17) is 15.0 Å². The van der Waals surface area contributed by atoms with E-state index in [0.29, 0.717) is 17.6 Å². The molecule has 14 aromatic rings. The summed E-state index contributed by atoms with van der Waals surface area (Å²) in [4.78, 5) is 15.3. The molecule has 69 heavy (non-hydrogen) atoms. The van der Waals surface area contributed by atoms with Gasteiger partial charge in [0.2, 0.25) is 5.95 Å². The standard InChI is InChI=1S/C63H40N6/c1-4-17-41(18-5-1)42-31-33-43(34-32-42)46-23-16-24-47(39-46)67-54-29-14-11-26-50(54)59-57(67)37-38-58-60(59)51-27-12-15-30-55(51)68(58)48-35-36-56-52(40-48)49-25-10-13-28-53(49)69(56)63-65-61(44-19-6-2-7-20-44)64-62(66-63)45-21-8-3-9-22-45/h1-40H. The van der Waals surface area contributed by atoms with Gasteiger partial charge in [-0.15, -0.1) is 0 Å². The molecular weight excluding hydrogens is 841 g/mol. The first kappa shape index (κ1) is 38.8. The second-order valence-corrected chi connectivity index (χ2v) is 17.6. The molecule has 6 heteroatoms. The van der Waals surface area contributed by atoms with Crippen LogP contribution in [0.2, 0.25) is 0 Å². The Bertz CT molecular complexity index is 4220. The number of para-hydroxylation sites is 3. The Morgan fingerprint density at radius 1 is 0.232 bits per heavy atom. The van der Waals surface area contributed by atoms with Crippen molar-refractivity contribution in [1.82, 2.24) is 28.7 Å². The summed E-state index contributed by atoms with van der Waals surface area (Å²) in [5.74, 6) is 1.83. The van der Waals surface area contributed by atoms with E-state index in [-0.39, 0.29) is 0 Å². The minimum atomic E-state index is 0.573. The Balaban J connectivity index is 0.949. The summed E-state index contributed by atoms with van der Waals surface area (Å²) >= 11 is 0. The highest BCUT2D eigenvalue weighted by atomic mass is 15.2. The lowest BCUT2D eigenvalue weighted by atomic mass is 10.00. The molecule has 10 aromatic carbocycles. The lowest BCUT2D eigenvalue weighted by Crippen LogP contribution is -2.06. The first-order valence-corrected chi connectivity index (χ1v) is 23.4. The molecule has 0 fully saturated rings. The van der Waals surface area contributed by atoms with Gasteiger partial charge >= 0.3 is 0 Å². The molecule has 14 rings (SSSR count). The molecule has 0 aliphatic heterocycles. The van der Waals surface area contributed by atoms with E-state index in [1.807, 2.05) is 60.7 Å². The van der Waals surface area contributed by atoms with E-state index in [1.165, 1.54) is 54.8 Å². The predicted molar refractivity (Wildman–Crippen MR) is 285 cm³/mol. The predicted octanol–water partition coefficient (Wildman–Crippen LogP) is 15.8. The lowest BCUT2D eigenvalue weighted by molar-refractivity contribution is 0.953. The molecule has 0 bridgehead atoms. The second-order valence-electron chi connectivity index (χ2n) is 17.6. The molecule has 0 aliphatic rings. The van der Waals surface area contributed by atoms with E-state index in [2.05, 4.69) is 196 Å². The van der Waals surface area contributed by atoms with Crippen molar-refractivity contribution in [1.29, 1.82) is 0 Å². The van der Waals surface area contributed by atoms with E-state index in [9.17, 15) is 0 Å². The van der Waals surface area contributed by atoms with Gasteiger partial charge in [-0.25, -0.2) is 4.98 Å². The highest BCUT2D eigenvalue weighted by molar-refractivity contribution is 6.29. The summed E-state index contributed by atoms with van der Waals surface area (Å²) in [7, 11) is 0. The third-order valence-corrected chi connectivity index (χ3v) is 13.7. The number of fused-ring (bicyclic) bond motifs is 10. The number of hydrogen-bond acceptors (Lipinski definition) is 3. The number of nitrogens with zero attached hydrogens (tertiary/aromatic N) is 6. The molecule has 4 heterocycles. The van der Waals surface area contributed by atoms with Gasteiger partial charge in [-0.05, 0) is 82.9 Å². The molecule has 4 aromatic heterocycles. The summed E-state index contributed by atoms with van der Waals surface area (Å²) < 4.78 is 7.06. The van der Waals surface area contributed by atoms with Crippen LogP contribution in [0, 0.1) is 0 Å². The van der Waals surface area contributed by atoms with E-state index < -0.39 is 0 Å². The first-order valence-electron chi connectivity index (χ1n) is 23.4. The Hall–Kier alpha value is -9.39. The highest BCUT2D eigenvalue weighted by Gasteiger charge is 2.23. The Labute approximate surface area is 397 Å². The van der Waals surface area contributed by atoms with Crippen molar-refractivity contribution in [3.63, 3.8) is 0 Å². The molecular formula is C63H40N6. The zero-order chi connectivity index (χ0) is 45.4. The van der Waals surface area contributed by atoms with Gasteiger partial charge in [0, 0.05) is 54.8 Å². The van der Waals surface area contributed by atoms with Crippen molar-refractivity contribution in [3.8, 4) is 62.4 Å². The van der Waals surface area contributed by atoms with Gasteiger partial charge in [0.25, 0.3) is 0 Å². The first-order chi connectivity index (χ1) is 34.2. The SMILES string of the molecule is c1ccc(-c2ccc(-c3cccc(-n4c5ccccc5c5c6c7ccccc7n(-c7ccc8c(c7)c7ccccc7n8-c7nc(-c8ccccc8)nc(-c8ccccc8)n7)c6ccc54)c3)cc2)cc1. The average Bonchev–Trinajstić information content (AvgIpc) is 4.07. The summed E-state index contributed by atoms with van der Waals surface area (Å²) in [5, 5.41) is 7.15. The van der Waals surface area contributed by atoms with Crippen LogP contribution >= 0.6 is 0 Å². The van der Waals surface area contributed by atoms with E-state index >= 15 is 0 Å². The fourth-order valence-electron chi connectivity index (χ4n) is 10.6. The number of aromatic nitrogens is 6. The van der Waals surface area contributed by atoms with E-state index in [0.717, 1.165) is 55.3 Å². The van der Waals surface area contributed by atoms with Gasteiger partial charge in [-0.2, -0.15) is 9.97 Å². The van der Waals surface area contributed by atoms with Crippen LogP contribution in [0.3, 0.4) is 0 Å². The summed E-state index contributed by atoms with van der Waals surface area (Å²) in [6, 6.07) is 86.4. The number of rotatable bonds is 7. The number of hydrogen-bond donors (Lipinski definition) is 0. The van der Waals surface area contributed by atoms with Gasteiger partial charge in [0.05, 0.1) is 33.1 Å². The molecule has 0 N–H and O–H groups in total. The van der Waals surface area contributed by atoms with Gasteiger partial charge < -0.3 is 9.13 Å².